The smallest absolute Gasteiger partial charge is 0.229 e. The van der Waals surface area contributed by atoms with Gasteiger partial charge in [0, 0.05) is 35.0 Å². The largest absolute Gasteiger partial charge is 0.383 e. The second-order valence-corrected chi connectivity index (χ2v) is 6.05. The molecule has 1 N–H and O–H groups in total. The van der Waals surface area contributed by atoms with Gasteiger partial charge < -0.3 is 10.2 Å². The monoisotopic (exact) mass is 390 g/mol. The Morgan fingerprint density at radius 1 is 1.37 bits per heavy atom. The minimum absolute atomic E-state index is 0.0693. The molecule has 0 atom stereocenters. The van der Waals surface area contributed by atoms with Crippen molar-refractivity contribution in [1.82, 2.24) is 4.90 Å². The first-order chi connectivity index (χ1) is 8.88. The van der Waals surface area contributed by atoms with Crippen molar-refractivity contribution >= 4 is 51.6 Å². The van der Waals surface area contributed by atoms with Gasteiger partial charge in [0.2, 0.25) is 5.91 Å². The Hall–Kier alpha value is -1.08. The molecule has 0 saturated heterocycles. The average Bonchev–Trinajstić information content (AvgIpc) is 2.40. The molecule has 1 heterocycles. The highest BCUT2D eigenvalue weighted by molar-refractivity contribution is 14.1. The van der Waals surface area contributed by atoms with Crippen LogP contribution in [0.25, 0.3) is 0 Å². The molecule has 2 rings (SSSR count). The number of anilines is 1. The molecule has 19 heavy (non-hydrogen) atoms. The maximum atomic E-state index is 12.4. The van der Waals surface area contributed by atoms with E-state index in [1.54, 1.807) is 23.2 Å². The van der Waals surface area contributed by atoms with Gasteiger partial charge in [-0.25, -0.2) is 0 Å². The highest BCUT2D eigenvalue weighted by atomic mass is 127. The molecule has 0 aromatic heterocycles. The summed E-state index contributed by atoms with van der Waals surface area (Å²) in [7, 11) is 3.63. The van der Waals surface area contributed by atoms with E-state index < -0.39 is 0 Å². The predicted octanol–water partition coefficient (Wildman–Crippen LogP) is 2.92. The Bertz CT molecular complexity index is 597. The number of amides is 1. The maximum Gasteiger partial charge on any atom is 0.229 e. The molecular formula is C13H12ClIN2O2. The Morgan fingerprint density at radius 2 is 2.05 bits per heavy atom. The highest BCUT2D eigenvalue weighted by Gasteiger charge is 2.25. The number of benzene rings is 1. The lowest BCUT2D eigenvalue weighted by Gasteiger charge is -2.09. The van der Waals surface area contributed by atoms with Crippen LogP contribution in [0.1, 0.15) is 16.8 Å². The lowest BCUT2D eigenvalue weighted by Crippen LogP contribution is -2.12. The van der Waals surface area contributed by atoms with Gasteiger partial charge in [-0.3, -0.25) is 9.59 Å². The van der Waals surface area contributed by atoms with Crippen LogP contribution in [0.4, 0.5) is 5.69 Å². The molecule has 1 amide bonds. The number of carbonyl (C=O) groups excluding carboxylic acids is 2. The molecule has 0 saturated carbocycles. The maximum absolute atomic E-state index is 12.4. The van der Waals surface area contributed by atoms with Gasteiger partial charge in [0.25, 0.3) is 0 Å². The molecular weight excluding hydrogens is 379 g/mol. The first kappa shape index (κ1) is 14.3. The van der Waals surface area contributed by atoms with E-state index >= 15 is 0 Å². The van der Waals surface area contributed by atoms with Gasteiger partial charge in [-0.2, -0.15) is 0 Å². The number of fused-ring (bicyclic) bond motifs is 1. The molecule has 1 aromatic rings. The van der Waals surface area contributed by atoms with E-state index in [0.29, 0.717) is 21.8 Å². The van der Waals surface area contributed by atoms with Crippen molar-refractivity contribution in [1.29, 1.82) is 0 Å². The fourth-order valence-corrected chi connectivity index (χ4v) is 2.51. The van der Waals surface area contributed by atoms with Gasteiger partial charge in [0.05, 0.1) is 17.1 Å². The third-order valence-corrected chi connectivity index (χ3v) is 4.16. The summed E-state index contributed by atoms with van der Waals surface area (Å²) >= 11 is 8.09. The number of Topliss-reactive ketones (excluding diaryl/α,β-unsaturated/α-hetero) is 1. The zero-order valence-corrected chi connectivity index (χ0v) is 13.4. The van der Waals surface area contributed by atoms with Crippen LogP contribution >= 0.6 is 34.2 Å². The molecule has 1 aliphatic rings. The molecule has 0 fully saturated rings. The van der Waals surface area contributed by atoms with Crippen LogP contribution < -0.4 is 5.32 Å². The molecule has 0 bridgehead atoms. The van der Waals surface area contributed by atoms with Crippen LogP contribution in [-0.2, 0) is 4.79 Å². The van der Waals surface area contributed by atoms with Crippen LogP contribution in [0.3, 0.4) is 0 Å². The molecule has 0 spiro atoms. The summed E-state index contributed by atoms with van der Waals surface area (Å²) in [5.41, 5.74) is 1.43. The number of ketones is 1. The summed E-state index contributed by atoms with van der Waals surface area (Å²) in [6, 6.07) is 3.32. The van der Waals surface area contributed by atoms with E-state index in [4.69, 9.17) is 11.6 Å². The van der Waals surface area contributed by atoms with Crippen LogP contribution in [0.15, 0.2) is 23.9 Å². The van der Waals surface area contributed by atoms with E-state index in [2.05, 4.69) is 27.9 Å². The van der Waals surface area contributed by atoms with E-state index in [9.17, 15) is 9.59 Å². The van der Waals surface area contributed by atoms with Crippen molar-refractivity contribution < 1.29 is 9.59 Å². The van der Waals surface area contributed by atoms with Crippen molar-refractivity contribution in [2.45, 2.75) is 6.42 Å². The summed E-state index contributed by atoms with van der Waals surface area (Å²) < 4.78 is 0.784. The first-order valence-corrected chi connectivity index (χ1v) is 7.05. The minimum atomic E-state index is -0.211. The Labute approximate surface area is 129 Å². The van der Waals surface area contributed by atoms with Gasteiger partial charge >= 0.3 is 0 Å². The number of rotatable bonds is 1. The molecule has 4 nitrogen and oxygen atoms in total. The lowest BCUT2D eigenvalue weighted by molar-refractivity contribution is -0.115. The van der Waals surface area contributed by atoms with E-state index in [1.165, 1.54) is 0 Å². The molecule has 0 radical (unpaired) electrons. The standard InChI is InChI=1S/C13H12ClIN2O2/c1-17(2)6-7-3-12(18)16-11-5-9(14)10(15)4-8(11)13(7)19/h4-6H,3H2,1-2H3,(H,16,18)/b7-6+. The second-order valence-electron chi connectivity index (χ2n) is 4.48. The zero-order chi connectivity index (χ0) is 14.2. The number of carbonyl (C=O) groups is 2. The van der Waals surface area contributed by atoms with Crippen molar-refractivity contribution in [2.24, 2.45) is 0 Å². The summed E-state index contributed by atoms with van der Waals surface area (Å²) in [5, 5.41) is 3.24. The second kappa shape index (κ2) is 5.50. The van der Waals surface area contributed by atoms with Gasteiger partial charge in [-0.1, -0.05) is 11.6 Å². The third kappa shape index (κ3) is 3.09. The third-order valence-electron chi connectivity index (χ3n) is 2.64. The molecule has 1 aromatic carbocycles. The quantitative estimate of drug-likeness (QED) is 0.592. The number of halogens is 2. The SMILES string of the molecule is CN(C)/C=C1\CC(=O)Nc2cc(Cl)c(I)cc2C1=O. The van der Waals surface area contributed by atoms with E-state index in [0.717, 1.165) is 3.57 Å². The summed E-state index contributed by atoms with van der Waals surface area (Å²) in [4.78, 5) is 26.0. The molecule has 1 aliphatic heterocycles. The first-order valence-electron chi connectivity index (χ1n) is 5.59. The number of nitrogens with one attached hydrogen (secondary N) is 1. The fourth-order valence-electron chi connectivity index (χ4n) is 1.87. The number of nitrogens with zero attached hydrogens (tertiary/aromatic N) is 1. The highest BCUT2D eigenvalue weighted by Crippen LogP contribution is 2.31. The van der Waals surface area contributed by atoms with Crippen molar-refractivity contribution in [3.8, 4) is 0 Å². The minimum Gasteiger partial charge on any atom is -0.383 e. The van der Waals surface area contributed by atoms with Crippen molar-refractivity contribution in [3.63, 3.8) is 0 Å². The molecule has 6 heteroatoms. The Kier molecular flexibility index (Phi) is 4.15. The average molecular weight is 391 g/mol. The van der Waals surface area contributed by atoms with E-state index in [-0.39, 0.29) is 18.1 Å². The van der Waals surface area contributed by atoms with Crippen LogP contribution in [0.5, 0.6) is 0 Å². The van der Waals surface area contributed by atoms with Crippen molar-refractivity contribution in [2.75, 3.05) is 19.4 Å². The molecule has 0 unspecified atom stereocenters. The lowest BCUT2D eigenvalue weighted by atomic mass is 10.0. The molecule has 0 aliphatic carbocycles. The van der Waals surface area contributed by atoms with Gasteiger partial charge in [0.1, 0.15) is 0 Å². The van der Waals surface area contributed by atoms with E-state index in [1.807, 2.05) is 14.1 Å². The topological polar surface area (TPSA) is 49.4 Å². The Balaban J connectivity index is 2.58. The normalized spacial score (nSPS) is 16.9. The molecule has 100 valence electrons. The van der Waals surface area contributed by atoms with Crippen LogP contribution in [0.2, 0.25) is 5.02 Å². The number of hydrogen-bond donors (Lipinski definition) is 1. The summed E-state index contributed by atoms with van der Waals surface area (Å²) in [6.45, 7) is 0. The predicted molar refractivity (Wildman–Crippen MR) is 83.5 cm³/mol. The number of hydrogen-bond acceptors (Lipinski definition) is 3. The zero-order valence-electron chi connectivity index (χ0n) is 10.5. The summed E-state index contributed by atoms with van der Waals surface area (Å²) in [5.74, 6) is -0.353. The van der Waals surface area contributed by atoms with Gasteiger partial charge in [-0.15, -0.1) is 0 Å². The van der Waals surface area contributed by atoms with Crippen LogP contribution in [-0.4, -0.2) is 30.7 Å². The Morgan fingerprint density at radius 3 is 2.68 bits per heavy atom. The fraction of sp³-hybridized carbons (Fsp3) is 0.231. The summed E-state index contributed by atoms with van der Waals surface area (Å²) in [6.07, 6.45) is 1.75. The van der Waals surface area contributed by atoms with Gasteiger partial charge in [0.15, 0.2) is 5.78 Å². The van der Waals surface area contributed by atoms with Gasteiger partial charge in [-0.05, 0) is 34.7 Å². The van der Waals surface area contributed by atoms with Crippen LogP contribution in [0, 0.1) is 3.57 Å². The van der Waals surface area contributed by atoms with Crippen molar-refractivity contribution in [3.05, 3.63) is 38.1 Å².